The van der Waals surface area contributed by atoms with E-state index in [0.29, 0.717) is 11.3 Å². The number of hydrogen-bond acceptors (Lipinski definition) is 4. The Labute approximate surface area is 190 Å². The highest BCUT2D eigenvalue weighted by atomic mass is 32.2. The average molecular weight is 454 g/mol. The Morgan fingerprint density at radius 1 is 1.12 bits per heavy atom. The van der Waals surface area contributed by atoms with E-state index in [4.69, 9.17) is 0 Å². The van der Waals surface area contributed by atoms with E-state index in [1.165, 1.54) is 28.8 Å². The lowest BCUT2D eigenvalue weighted by atomic mass is 10.0. The number of para-hydroxylation sites is 1. The molecule has 2 aliphatic heterocycles. The molecule has 0 bridgehead atoms. The molecule has 2 aromatic rings. The van der Waals surface area contributed by atoms with Crippen molar-refractivity contribution in [1.29, 1.82) is 0 Å². The standard InChI is InChI=1S/C24H24FN3O3S/c1-15(2)18-5-3-4-6-19(18)26-21(29)14-27-20-11-12-32-22(20)23(30)28(24(27)31)13-16-7-9-17(25)10-8-16/h3-12,15,20,22H,13-14H2,1-2H3,(H,26,29). The van der Waals surface area contributed by atoms with Crippen LogP contribution in [0, 0.1) is 5.82 Å². The minimum absolute atomic E-state index is 0.0238. The minimum Gasteiger partial charge on any atom is -0.324 e. The second-order valence-electron chi connectivity index (χ2n) is 8.13. The largest absolute Gasteiger partial charge is 0.328 e. The second-order valence-corrected chi connectivity index (χ2v) is 9.18. The van der Waals surface area contributed by atoms with Crippen LogP contribution in [0.3, 0.4) is 0 Å². The fourth-order valence-corrected chi connectivity index (χ4v) is 5.01. The number of fused-ring (bicyclic) bond motifs is 1. The third-order valence-electron chi connectivity index (χ3n) is 5.58. The summed E-state index contributed by atoms with van der Waals surface area (Å²) in [7, 11) is 0. The number of carbonyl (C=O) groups is 3. The molecule has 2 atom stereocenters. The maximum Gasteiger partial charge on any atom is 0.328 e. The van der Waals surface area contributed by atoms with Crippen molar-refractivity contribution < 1.29 is 18.8 Å². The summed E-state index contributed by atoms with van der Waals surface area (Å²) in [5, 5.41) is 4.21. The molecule has 1 N–H and O–H groups in total. The van der Waals surface area contributed by atoms with Crippen molar-refractivity contribution in [3.63, 3.8) is 0 Å². The van der Waals surface area contributed by atoms with E-state index in [1.807, 2.05) is 38.1 Å². The number of thioether (sulfide) groups is 1. The summed E-state index contributed by atoms with van der Waals surface area (Å²) in [5.41, 5.74) is 2.36. The summed E-state index contributed by atoms with van der Waals surface area (Å²) in [6.07, 6.45) is 1.79. The van der Waals surface area contributed by atoms with Gasteiger partial charge in [0, 0.05) is 5.69 Å². The molecule has 1 fully saturated rings. The minimum atomic E-state index is -0.528. The topological polar surface area (TPSA) is 69.7 Å². The zero-order valence-electron chi connectivity index (χ0n) is 17.8. The molecule has 0 aromatic heterocycles. The first-order valence-corrected chi connectivity index (χ1v) is 11.4. The molecule has 6 nitrogen and oxygen atoms in total. The van der Waals surface area contributed by atoms with Crippen molar-refractivity contribution in [2.75, 3.05) is 11.9 Å². The molecule has 2 heterocycles. The molecular weight excluding hydrogens is 429 g/mol. The van der Waals surface area contributed by atoms with E-state index >= 15 is 0 Å². The molecule has 4 rings (SSSR count). The molecule has 166 valence electrons. The van der Waals surface area contributed by atoms with Crippen LogP contribution < -0.4 is 5.32 Å². The summed E-state index contributed by atoms with van der Waals surface area (Å²) in [5.74, 6) is -0.793. The SMILES string of the molecule is CC(C)c1ccccc1NC(=O)CN1C(=O)N(Cc2ccc(F)cc2)C(=O)C2SC=CC21. The highest BCUT2D eigenvalue weighted by Gasteiger charge is 2.47. The molecule has 0 aliphatic carbocycles. The summed E-state index contributed by atoms with van der Waals surface area (Å²) < 4.78 is 13.2. The maximum absolute atomic E-state index is 13.2. The lowest BCUT2D eigenvalue weighted by molar-refractivity contribution is -0.132. The van der Waals surface area contributed by atoms with Crippen LogP contribution in [-0.4, -0.2) is 45.5 Å². The predicted octanol–water partition coefficient (Wildman–Crippen LogP) is 4.35. The summed E-state index contributed by atoms with van der Waals surface area (Å²) in [6, 6.07) is 12.2. The zero-order valence-corrected chi connectivity index (χ0v) is 18.6. The van der Waals surface area contributed by atoms with Gasteiger partial charge in [0.2, 0.25) is 11.8 Å². The van der Waals surface area contributed by atoms with Crippen LogP contribution in [0.5, 0.6) is 0 Å². The summed E-state index contributed by atoms with van der Waals surface area (Å²) >= 11 is 1.34. The van der Waals surface area contributed by atoms with Crippen LogP contribution in [0.1, 0.15) is 30.9 Å². The van der Waals surface area contributed by atoms with E-state index in [2.05, 4.69) is 5.32 Å². The smallest absolute Gasteiger partial charge is 0.324 e. The van der Waals surface area contributed by atoms with E-state index < -0.39 is 17.3 Å². The fourth-order valence-electron chi connectivity index (χ4n) is 3.94. The molecule has 32 heavy (non-hydrogen) atoms. The van der Waals surface area contributed by atoms with Crippen molar-refractivity contribution in [2.24, 2.45) is 0 Å². The molecule has 4 amide bonds. The quantitative estimate of drug-likeness (QED) is 0.706. The van der Waals surface area contributed by atoms with Gasteiger partial charge in [-0.25, -0.2) is 9.18 Å². The van der Waals surface area contributed by atoms with Crippen molar-refractivity contribution in [1.82, 2.24) is 9.80 Å². The number of rotatable bonds is 6. The number of imide groups is 1. The first kappa shape index (κ1) is 22.1. The first-order valence-electron chi connectivity index (χ1n) is 10.4. The van der Waals surface area contributed by atoms with Crippen LogP contribution in [-0.2, 0) is 16.1 Å². The van der Waals surface area contributed by atoms with Crippen LogP contribution >= 0.6 is 11.8 Å². The number of benzene rings is 2. The summed E-state index contributed by atoms with van der Waals surface area (Å²) in [6.45, 7) is 3.94. The number of amides is 4. The Hall–Kier alpha value is -3.13. The Bertz CT molecular complexity index is 1070. The van der Waals surface area contributed by atoms with Gasteiger partial charge in [0.25, 0.3) is 0 Å². The Kier molecular flexibility index (Phi) is 6.32. The molecular formula is C24H24FN3O3S. The van der Waals surface area contributed by atoms with Crippen LogP contribution in [0.15, 0.2) is 60.0 Å². The van der Waals surface area contributed by atoms with Crippen LogP contribution in [0.4, 0.5) is 14.9 Å². The van der Waals surface area contributed by atoms with Crippen molar-refractivity contribution >= 4 is 35.3 Å². The molecule has 2 aromatic carbocycles. The van der Waals surface area contributed by atoms with Gasteiger partial charge in [0.05, 0.1) is 12.6 Å². The second kappa shape index (κ2) is 9.16. The van der Waals surface area contributed by atoms with Gasteiger partial charge in [0.15, 0.2) is 0 Å². The molecule has 8 heteroatoms. The van der Waals surface area contributed by atoms with Gasteiger partial charge in [-0.3, -0.25) is 14.5 Å². The van der Waals surface area contributed by atoms with Crippen LogP contribution in [0.25, 0.3) is 0 Å². The monoisotopic (exact) mass is 453 g/mol. The van der Waals surface area contributed by atoms with Crippen molar-refractivity contribution in [2.45, 2.75) is 37.6 Å². The molecule has 0 radical (unpaired) electrons. The average Bonchev–Trinajstić information content (AvgIpc) is 3.26. The molecule has 2 unspecified atom stereocenters. The fraction of sp³-hybridized carbons (Fsp3) is 0.292. The third-order valence-corrected chi connectivity index (χ3v) is 6.67. The van der Waals surface area contributed by atoms with Gasteiger partial charge in [-0.2, -0.15) is 0 Å². The first-order chi connectivity index (χ1) is 15.3. The zero-order chi connectivity index (χ0) is 22.8. The van der Waals surface area contributed by atoms with E-state index in [-0.39, 0.29) is 36.6 Å². The lowest BCUT2D eigenvalue weighted by Crippen LogP contribution is -2.62. The maximum atomic E-state index is 13.2. The Morgan fingerprint density at radius 3 is 2.56 bits per heavy atom. The van der Waals surface area contributed by atoms with Crippen molar-refractivity contribution in [3.05, 3.63) is 77.0 Å². The van der Waals surface area contributed by atoms with Gasteiger partial charge in [-0.1, -0.05) is 50.3 Å². The number of urea groups is 1. The lowest BCUT2D eigenvalue weighted by Gasteiger charge is -2.41. The molecule has 0 spiro atoms. The number of anilines is 1. The van der Waals surface area contributed by atoms with Gasteiger partial charge in [0.1, 0.15) is 17.6 Å². The van der Waals surface area contributed by atoms with E-state index in [1.54, 1.807) is 23.6 Å². The number of halogens is 1. The summed E-state index contributed by atoms with van der Waals surface area (Å²) in [4.78, 5) is 41.7. The van der Waals surface area contributed by atoms with Crippen molar-refractivity contribution in [3.8, 4) is 0 Å². The predicted molar refractivity (Wildman–Crippen MR) is 123 cm³/mol. The number of nitrogens with one attached hydrogen (secondary N) is 1. The van der Waals surface area contributed by atoms with Crippen LogP contribution in [0.2, 0.25) is 0 Å². The number of hydrogen-bond donors (Lipinski definition) is 1. The molecule has 1 saturated heterocycles. The third kappa shape index (κ3) is 4.41. The van der Waals surface area contributed by atoms with E-state index in [0.717, 1.165) is 10.5 Å². The molecule has 0 saturated carbocycles. The van der Waals surface area contributed by atoms with Gasteiger partial charge < -0.3 is 10.2 Å². The highest BCUT2D eigenvalue weighted by Crippen LogP contribution is 2.35. The van der Waals surface area contributed by atoms with Gasteiger partial charge in [-0.15, -0.1) is 11.8 Å². The van der Waals surface area contributed by atoms with Gasteiger partial charge in [-0.05, 0) is 40.7 Å². The molecule has 2 aliphatic rings. The Morgan fingerprint density at radius 2 is 1.84 bits per heavy atom. The normalized spacial score (nSPS) is 20.1. The van der Waals surface area contributed by atoms with Gasteiger partial charge >= 0.3 is 6.03 Å². The highest BCUT2D eigenvalue weighted by molar-refractivity contribution is 8.03. The van der Waals surface area contributed by atoms with E-state index in [9.17, 15) is 18.8 Å². The Balaban J connectivity index is 1.53. The number of carbonyl (C=O) groups excluding carboxylic acids is 3. The number of nitrogens with zero attached hydrogens (tertiary/aromatic N) is 2.